The molecule has 2 unspecified atom stereocenters. The molecule has 0 radical (unpaired) electrons. The van der Waals surface area contributed by atoms with Crippen molar-refractivity contribution in [2.45, 2.75) is 32.4 Å². The van der Waals surface area contributed by atoms with Gasteiger partial charge in [-0.3, -0.25) is 0 Å². The summed E-state index contributed by atoms with van der Waals surface area (Å²) < 4.78 is 4.72. The van der Waals surface area contributed by atoms with Crippen LogP contribution in [0.1, 0.15) is 20.3 Å². The van der Waals surface area contributed by atoms with Gasteiger partial charge < -0.3 is 16.2 Å². The number of anilines is 2. The van der Waals surface area contributed by atoms with Gasteiger partial charge in [0, 0.05) is 11.5 Å². The topological polar surface area (TPSA) is 97.2 Å². The number of benzene rings is 1. The molecule has 1 saturated carbocycles. The highest BCUT2D eigenvalue weighted by Crippen LogP contribution is 2.43. The predicted octanol–water partition coefficient (Wildman–Crippen LogP) is 1.38. The van der Waals surface area contributed by atoms with Gasteiger partial charge in [-0.1, -0.05) is 13.8 Å². The van der Waals surface area contributed by atoms with E-state index in [1.54, 1.807) is 6.07 Å². The van der Waals surface area contributed by atoms with Crippen LogP contribution >= 0.6 is 0 Å². The van der Waals surface area contributed by atoms with Gasteiger partial charge in [0.25, 0.3) is 0 Å². The molecule has 0 bridgehead atoms. The molecule has 0 spiro atoms. The van der Waals surface area contributed by atoms with Crippen molar-refractivity contribution in [3.8, 4) is 0 Å². The number of hydrogen-bond donors (Lipinski definition) is 3. The second kappa shape index (κ2) is 3.58. The number of aromatic nitrogens is 2. The highest BCUT2D eigenvalue weighted by molar-refractivity contribution is 5.95. The molecular formula is C12H16N4O2. The molecule has 1 fully saturated rings. The Morgan fingerprint density at radius 2 is 2.11 bits per heavy atom. The first-order valence-electron chi connectivity index (χ1n) is 5.95. The molecule has 0 saturated heterocycles. The van der Waals surface area contributed by atoms with Gasteiger partial charge in [-0.05, 0) is 28.9 Å². The van der Waals surface area contributed by atoms with Gasteiger partial charge in [0.2, 0.25) is 0 Å². The SMILES string of the molecule is CC1(C)C(O)CC1Nc1ccc(N)c2nonc12. The first-order valence-corrected chi connectivity index (χ1v) is 5.95. The Bertz CT molecular complexity index is 593. The van der Waals surface area contributed by atoms with E-state index in [4.69, 9.17) is 10.4 Å². The minimum absolute atomic E-state index is 0.148. The first kappa shape index (κ1) is 11.3. The normalized spacial score (nSPS) is 25.9. The summed E-state index contributed by atoms with van der Waals surface area (Å²) in [5.41, 5.74) is 8.23. The fourth-order valence-electron chi connectivity index (χ4n) is 2.34. The van der Waals surface area contributed by atoms with Crippen LogP contribution in [0.5, 0.6) is 0 Å². The zero-order valence-corrected chi connectivity index (χ0v) is 10.3. The summed E-state index contributed by atoms with van der Waals surface area (Å²) in [6, 6.07) is 3.84. The van der Waals surface area contributed by atoms with Crippen molar-refractivity contribution >= 4 is 22.4 Å². The summed E-state index contributed by atoms with van der Waals surface area (Å²) in [5, 5.41) is 20.8. The molecule has 18 heavy (non-hydrogen) atoms. The molecule has 96 valence electrons. The van der Waals surface area contributed by atoms with Crippen molar-refractivity contribution in [3.63, 3.8) is 0 Å². The molecule has 0 aliphatic heterocycles. The van der Waals surface area contributed by atoms with E-state index in [0.29, 0.717) is 16.7 Å². The van der Waals surface area contributed by atoms with E-state index in [1.165, 1.54) is 0 Å². The highest BCUT2D eigenvalue weighted by atomic mass is 16.6. The molecule has 6 heteroatoms. The lowest BCUT2D eigenvalue weighted by Gasteiger charge is -2.49. The lowest BCUT2D eigenvalue weighted by Crippen LogP contribution is -2.56. The maximum absolute atomic E-state index is 9.74. The van der Waals surface area contributed by atoms with Gasteiger partial charge in [0.05, 0.1) is 17.5 Å². The van der Waals surface area contributed by atoms with E-state index in [-0.39, 0.29) is 17.6 Å². The first-order chi connectivity index (χ1) is 8.50. The molecule has 1 aliphatic carbocycles. The standard InChI is InChI=1S/C12H16N4O2/c1-12(2)8(5-9(12)17)14-7-4-3-6(13)10-11(7)16-18-15-10/h3-4,8-9,14,17H,5,13H2,1-2H3. The number of nitrogen functional groups attached to an aromatic ring is 1. The average Bonchev–Trinajstić information content (AvgIpc) is 2.82. The van der Waals surface area contributed by atoms with E-state index in [2.05, 4.69) is 15.6 Å². The number of nitrogens with two attached hydrogens (primary N) is 1. The minimum atomic E-state index is -0.269. The molecule has 4 N–H and O–H groups in total. The van der Waals surface area contributed by atoms with Crippen molar-refractivity contribution in [2.24, 2.45) is 5.41 Å². The summed E-state index contributed by atoms with van der Waals surface area (Å²) >= 11 is 0. The van der Waals surface area contributed by atoms with E-state index in [1.807, 2.05) is 19.9 Å². The molecule has 6 nitrogen and oxygen atoms in total. The Labute approximate surface area is 104 Å². The van der Waals surface area contributed by atoms with Crippen LogP contribution < -0.4 is 11.1 Å². The van der Waals surface area contributed by atoms with Gasteiger partial charge in [-0.15, -0.1) is 0 Å². The van der Waals surface area contributed by atoms with Gasteiger partial charge >= 0.3 is 0 Å². The Morgan fingerprint density at radius 1 is 1.39 bits per heavy atom. The molecule has 1 aromatic carbocycles. The summed E-state index contributed by atoms with van der Waals surface area (Å²) in [6.45, 7) is 4.07. The number of hydrogen-bond acceptors (Lipinski definition) is 6. The predicted molar refractivity (Wildman–Crippen MR) is 68.0 cm³/mol. The van der Waals surface area contributed by atoms with E-state index in [0.717, 1.165) is 12.1 Å². The Balaban J connectivity index is 1.92. The molecule has 1 aliphatic rings. The second-order valence-corrected chi connectivity index (χ2v) is 5.43. The van der Waals surface area contributed by atoms with Crippen LogP contribution in [0.4, 0.5) is 11.4 Å². The fourth-order valence-corrected chi connectivity index (χ4v) is 2.34. The van der Waals surface area contributed by atoms with Gasteiger partial charge in [-0.2, -0.15) is 0 Å². The number of nitrogens with zero attached hydrogens (tertiary/aromatic N) is 2. The summed E-state index contributed by atoms with van der Waals surface area (Å²) in [7, 11) is 0. The summed E-state index contributed by atoms with van der Waals surface area (Å²) in [4.78, 5) is 0. The summed E-state index contributed by atoms with van der Waals surface area (Å²) in [6.07, 6.45) is 0.458. The van der Waals surface area contributed by atoms with Crippen LogP contribution in [0.2, 0.25) is 0 Å². The Hall–Kier alpha value is -1.82. The van der Waals surface area contributed by atoms with Crippen LogP contribution in [0.15, 0.2) is 16.8 Å². The van der Waals surface area contributed by atoms with Gasteiger partial charge in [-0.25, -0.2) is 4.63 Å². The molecular weight excluding hydrogens is 232 g/mol. The van der Waals surface area contributed by atoms with E-state index >= 15 is 0 Å². The van der Waals surface area contributed by atoms with Gasteiger partial charge in [0.15, 0.2) is 11.0 Å². The quantitative estimate of drug-likeness (QED) is 0.694. The van der Waals surface area contributed by atoms with Crippen molar-refractivity contribution in [1.29, 1.82) is 0 Å². The molecule has 2 aromatic rings. The minimum Gasteiger partial charge on any atom is -0.397 e. The highest BCUT2D eigenvalue weighted by Gasteiger charge is 2.47. The van der Waals surface area contributed by atoms with Crippen LogP contribution in [0, 0.1) is 5.41 Å². The zero-order valence-electron chi connectivity index (χ0n) is 10.3. The largest absolute Gasteiger partial charge is 0.397 e. The molecule has 2 atom stereocenters. The number of aliphatic hydroxyl groups excluding tert-OH is 1. The summed E-state index contributed by atoms with van der Waals surface area (Å²) in [5.74, 6) is 0. The van der Waals surface area contributed by atoms with Gasteiger partial charge in [0.1, 0.15) is 0 Å². The van der Waals surface area contributed by atoms with Crippen LogP contribution in [-0.2, 0) is 0 Å². The monoisotopic (exact) mass is 248 g/mol. The lowest BCUT2D eigenvalue weighted by atomic mass is 9.64. The fraction of sp³-hybridized carbons (Fsp3) is 0.500. The number of fused-ring (bicyclic) bond motifs is 1. The Kier molecular flexibility index (Phi) is 2.25. The number of nitrogens with one attached hydrogen (secondary N) is 1. The van der Waals surface area contributed by atoms with Crippen molar-refractivity contribution in [3.05, 3.63) is 12.1 Å². The number of aliphatic hydroxyl groups is 1. The maximum Gasteiger partial charge on any atom is 0.160 e. The van der Waals surface area contributed by atoms with Crippen LogP contribution in [0.25, 0.3) is 11.0 Å². The smallest absolute Gasteiger partial charge is 0.160 e. The van der Waals surface area contributed by atoms with Crippen molar-refractivity contribution in [1.82, 2.24) is 10.3 Å². The van der Waals surface area contributed by atoms with Crippen molar-refractivity contribution < 1.29 is 9.74 Å². The molecule has 3 rings (SSSR count). The van der Waals surface area contributed by atoms with E-state index in [9.17, 15) is 5.11 Å². The van der Waals surface area contributed by atoms with Crippen molar-refractivity contribution in [2.75, 3.05) is 11.1 Å². The van der Waals surface area contributed by atoms with E-state index < -0.39 is 0 Å². The maximum atomic E-state index is 9.74. The van der Waals surface area contributed by atoms with Crippen LogP contribution in [0.3, 0.4) is 0 Å². The third-order valence-electron chi connectivity index (χ3n) is 3.99. The molecule has 1 heterocycles. The lowest BCUT2D eigenvalue weighted by molar-refractivity contribution is -0.0510. The number of rotatable bonds is 2. The third-order valence-corrected chi connectivity index (χ3v) is 3.99. The third kappa shape index (κ3) is 1.45. The average molecular weight is 248 g/mol. The Morgan fingerprint density at radius 3 is 2.78 bits per heavy atom. The van der Waals surface area contributed by atoms with Crippen LogP contribution in [-0.4, -0.2) is 27.6 Å². The molecule has 1 aromatic heterocycles. The molecule has 0 amide bonds. The second-order valence-electron chi connectivity index (χ2n) is 5.43. The zero-order chi connectivity index (χ0) is 12.9.